The predicted octanol–water partition coefficient (Wildman–Crippen LogP) is 6.08. The van der Waals surface area contributed by atoms with Crippen molar-refractivity contribution in [2.24, 2.45) is 5.41 Å². The Morgan fingerprint density at radius 1 is 0.879 bits per heavy atom. The standard InChI is InChI=1S/C23H25F5O5/c1-4-21(2,3)10-9-19(29)33-18-8-6-15-11-17(7-5-16(15)12-18)31-13-20(30)32-14-22(24,25)23(26,27)28/h5-8,11-12H,4,9-10,13-14H2,1-3H3. The van der Waals surface area contributed by atoms with Crippen LogP contribution in [0.4, 0.5) is 22.0 Å². The van der Waals surface area contributed by atoms with E-state index in [1.54, 1.807) is 24.3 Å². The van der Waals surface area contributed by atoms with Crippen LogP contribution in [-0.4, -0.2) is 37.3 Å². The molecule has 0 radical (unpaired) electrons. The molecule has 182 valence electrons. The molecule has 0 unspecified atom stereocenters. The number of carbonyl (C=O) groups is 2. The SMILES string of the molecule is CCC(C)(C)CCC(=O)Oc1ccc2cc(OCC(=O)OCC(F)(F)C(F)(F)F)ccc2c1. The fourth-order valence-electron chi connectivity index (χ4n) is 2.59. The second-order valence-electron chi connectivity index (χ2n) is 8.31. The Morgan fingerprint density at radius 2 is 1.45 bits per heavy atom. The van der Waals surface area contributed by atoms with Gasteiger partial charge in [-0.2, -0.15) is 22.0 Å². The fraction of sp³-hybridized carbons (Fsp3) is 0.478. The molecule has 0 bridgehead atoms. The minimum absolute atomic E-state index is 0.0461. The summed E-state index contributed by atoms with van der Waals surface area (Å²) in [5.74, 6) is -6.31. The summed E-state index contributed by atoms with van der Waals surface area (Å²) in [6.45, 7) is 3.25. The van der Waals surface area contributed by atoms with Crippen LogP contribution in [0.3, 0.4) is 0 Å². The van der Waals surface area contributed by atoms with Gasteiger partial charge >= 0.3 is 24.0 Å². The number of ether oxygens (including phenoxy) is 3. The van der Waals surface area contributed by atoms with Crippen molar-refractivity contribution in [1.29, 1.82) is 0 Å². The Kier molecular flexibility index (Phi) is 8.26. The largest absolute Gasteiger partial charge is 0.482 e. The molecular formula is C23H25F5O5. The van der Waals surface area contributed by atoms with Crippen molar-refractivity contribution in [3.05, 3.63) is 36.4 Å². The van der Waals surface area contributed by atoms with Crippen molar-refractivity contribution in [3.8, 4) is 11.5 Å². The molecule has 0 saturated carbocycles. The van der Waals surface area contributed by atoms with Gasteiger partial charge < -0.3 is 14.2 Å². The zero-order chi connectivity index (χ0) is 24.9. The number of hydrogen-bond acceptors (Lipinski definition) is 5. The first-order chi connectivity index (χ1) is 15.2. The molecule has 0 fully saturated rings. The van der Waals surface area contributed by atoms with Gasteiger partial charge in [-0.05, 0) is 46.9 Å². The number of benzene rings is 2. The van der Waals surface area contributed by atoms with Crippen molar-refractivity contribution in [2.45, 2.75) is 52.1 Å². The summed E-state index contributed by atoms with van der Waals surface area (Å²) in [5.41, 5.74) is 0.0461. The molecule has 0 aliphatic rings. The van der Waals surface area contributed by atoms with E-state index in [4.69, 9.17) is 9.47 Å². The number of halogens is 5. The van der Waals surface area contributed by atoms with Crippen LogP contribution in [0.5, 0.6) is 11.5 Å². The second-order valence-corrected chi connectivity index (χ2v) is 8.31. The maximum atomic E-state index is 12.8. The summed E-state index contributed by atoms with van der Waals surface area (Å²) in [6, 6.07) is 9.50. The van der Waals surface area contributed by atoms with E-state index in [0.717, 1.165) is 6.42 Å². The van der Waals surface area contributed by atoms with Crippen LogP contribution in [0.2, 0.25) is 0 Å². The quantitative estimate of drug-likeness (QED) is 0.236. The molecule has 5 nitrogen and oxygen atoms in total. The smallest absolute Gasteiger partial charge is 0.456 e. The number of hydrogen-bond donors (Lipinski definition) is 0. The Hall–Kier alpha value is -2.91. The zero-order valence-electron chi connectivity index (χ0n) is 18.4. The van der Waals surface area contributed by atoms with Crippen LogP contribution in [-0.2, 0) is 14.3 Å². The highest BCUT2D eigenvalue weighted by molar-refractivity contribution is 5.86. The van der Waals surface area contributed by atoms with Gasteiger partial charge in [0.1, 0.15) is 11.5 Å². The molecule has 0 spiro atoms. The molecule has 0 N–H and O–H groups in total. The van der Waals surface area contributed by atoms with E-state index in [2.05, 4.69) is 25.5 Å². The molecule has 0 aliphatic carbocycles. The minimum atomic E-state index is -5.81. The summed E-state index contributed by atoms with van der Waals surface area (Å²) >= 11 is 0. The number of alkyl halides is 5. The van der Waals surface area contributed by atoms with Gasteiger partial charge in [-0.15, -0.1) is 0 Å². The first kappa shape index (κ1) is 26.3. The van der Waals surface area contributed by atoms with E-state index in [1.165, 1.54) is 12.1 Å². The highest BCUT2D eigenvalue weighted by Gasteiger charge is 2.58. The number of carbonyl (C=O) groups excluding carboxylic acids is 2. The summed E-state index contributed by atoms with van der Waals surface area (Å²) in [7, 11) is 0. The lowest BCUT2D eigenvalue weighted by Gasteiger charge is -2.21. The van der Waals surface area contributed by atoms with Gasteiger partial charge in [0.15, 0.2) is 13.2 Å². The van der Waals surface area contributed by atoms with Crippen molar-refractivity contribution >= 4 is 22.7 Å². The van der Waals surface area contributed by atoms with Crippen LogP contribution in [0, 0.1) is 5.41 Å². The number of rotatable bonds is 10. The molecule has 0 atom stereocenters. The van der Waals surface area contributed by atoms with Crippen LogP contribution < -0.4 is 9.47 Å². The van der Waals surface area contributed by atoms with E-state index in [1.807, 2.05) is 0 Å². The molecule has 10 heteroatoms. The maximum Gasteiger partial charge on any atom is 0.456 e. The molecule has 2 rings (SSSR count). The lowest BCUT2D eigenvalue weighted by Crippen LogP contribution is -2.41. The highest BCUT2D eigenvalue weighted by Crippen LogP contribution is 2.35. The summed E-state index contributed by atoms with van der Waals surface area (Å²) < 4.78 is 76.2. The van der Waals surface area contributed by atoms with Crippen LogP contribution in [0.1, 0.15) is 40.0 Å². The molecule has 0 aromatic heterocycles. The third-order valence-corrected chi connectivity index (χ3v) is 5.16. The van der Waals surface area contributed by atoms with Crippen LogP contribution >= 0.6 is 0 Å². The Balaban J connectivity index is 1.91. The van der Waals surface area contributed by atoms with Crippen molar-refractivity contribution in [2.75, 3.05) is 13.2 Å². The van der Waals surface area contributed by atoms with Gasteiger partial charge in [0.2, 0.25) is 0 Å². The number of esters is 2. The van der Waals surface area contributed by atoms with E-state index in [9.17, 15) is 31.5 Å². The van der Waals surface area contributed by atoms with E-state index >= 15 is 0 Å². The van der Waals surface area contributed by atoms with E-state index in [0.29, 0.717) is 22.9 Å². The Morgan fingerprint density at radius 3 is 2.03 bits per heavy atom. The van der Waals surface area contributed by atoms with Crippen LogP contribution in [0.25, 0.3) is 10.8 Å². The van der Waals surface area contributed by atoms with Gasteiger partial charge in [0.25, 0.3) is 0 Å². The van der Waals surface area contributed by atoms with Gasteiger partial charge in [-0.1, -0.05) is 39.3 Å². The molecule has 2 aromatic rings. The third kappa shape index (κ3) is 7.87. The lowest BCUT2D eigenvalue weighted by atomic mass is 9.85. The van der Waals surface area contributed by atoms with Crippen molar-refractivity contribution < 1.29 is 45.8 Å². The van der Waals surface area contributed by atoms with Crippen molar-refractivity contribution in [1.82, 2.24) is 0 Å². The lowest BCUT2D eigenvalue weighted by molar-refractivity contribution is -0.294. The minimum Gasteiger partial charge on any atom is -0.482 e. The molecule has 0 aliphatic heterocycles. The first-order valence-corrected chi connectivity index (χ1v) is 10.2. The average molecular weight is 476 g/mol. The Bertz CT molecular complexity index is 985. The molecule has 2 aromatic carbocycles. The topological polar surface area (TPSA) is 61.8 Å². The third-order valence-electron chi connectivity index (χ3n) is 5.16. The maximum absolute atomic E-state index is 12.8. The summed E-state index contributed by atoms with van der Waals surface area (Å²) in [5, 5.41) is 1.37. The normalized spacial score (nSPS) is 12.5. The second kappa shape index (κ2) is 10.4. The van der Waals surface area contributed by atoms with Gasteiger partial charge in [-0.3, -0.25) is 4.79 Å². The predicted molar refractivity (Wildman–Crippen MR) is 110 cm³/mol. The van der Waals surface area contributed by atoms with E-state index in [-0.39, 0.29) is 23.6 Å². The van der Waals surface area contributed by atoms with Gasteiger partial charge in [-0.25, -0.2) is 4.79 Å². The molecular weight excluding hydrogens is 451 g/mol. The highest BCUT2D eigenvalue weighted by atomic mass is 19.4. The summed E-state index contributed by atoms with van der Waals surface area (Å²) in [4.78, 5) is 23.5. The summed E-state index contributed by atoms with van der Waals surface area (Å²) in [6.07, 6.45) is -3.88. The van der Waals surface area contributed by atoms with Gasteiger partial charge in [0, 0.05) is 6.42 Å². The van der Waals surface area contributed by atoms with Crippen molar-refractivity contribution in [3.63, 3.8) is 0 Å². The molecule has 0 saturated heterocycles. The first-order valence-electron chi connectivity index (χ1n) is 10.2. The number of fused-ring (bicyclic) bond motifs is 1. The zero-order valence-corrected chi connectivity index (χ0v) is 18.4. The van der Waals surface area contributed by atoms with Crippen LogP contribution in [0.15, 0.2) is 36.4 Å². The monoisotopic (exact) mass is 476 g/mol. The Labute approximate surface area is 187 Å². The fourth-order valence-corrected chi connectivity index (χ4v) is 2.59. The van der Waals surface area contributed by atoms with E-state index < -0.39 is 31.3 Å². The molecule has 33 heavy (non-hydrogen) atoms. The molecule has 0 heterocycles. The molecule has 0 amide bonds. The average Bonchev–Trinajstić information content (AvgIpc) is 2.74. The van der Waals surface area contributed by atoms with Gasteiger partial charge in [0.05, 0.1) is 0 Å².